The van der Waals surface area contributed by atoms with Crippen LogP contribution < -0.4 is 0 Å². The van der Waals surface area contributed by atoms with Gasteiger partial charge in [-0.3, -0.25) is 4.79 Å². The van der Waals surface area contributed by atoms with Crippen molar-refractivity contribution < 1.29 is 19.1 Å². The second-order valence-corrected chi connectivity index (χ2v) is 9.14. The topological polar surface area (TPSA) is 52.6 Å². The van der Waals surface area contributed by atoms with Crippen LogP contribution in [-0.4, -0.2) is 31.1 Å². The Morgan fingerprint density at radius 3 is 2.30 bits per heavy atom. The van der Waals surface area contributed by atoms with Gasteiger partial charge in [0.05, 0.1) is 6.61 Å². The molecule has 0 spiro atoms. The summed E-state index contributed by atoms with van der Waals surface area (Å²) in [4.78, 5) is 27.1. The number of carbonyl (C=O) groups is 2. The second kappa shape index (κ2) is 10.1. The average Bonchev–Trinajstić information content (AvgIpc) is 2.71. The van der Waals surface area contributed by atoms with Crippen LogP contribution in [0.5, 0.6) is 0 Å². The lowest BCUT2D eigenvalue weighted by molar-refractivity contribution is -0.156. The second-order valence-electron chi connectivity index (χ2n) is 7.62. The van der Waals surface area contributed by atoms with Crippen LogP contribution in [0, 0.1) is 13.8 Å². The standard InChI is InChI=1S/C24H29BrO4S/c1-6-29-22(27)24(30,20-17(3)14-16(2)15-19(20)25)21(26)23(4,28-5)13-12-18-10-8-7-9-11-18/h7-11,14-15,30H,6,12-13H2,1-5H3. The van der Waals surface area contributed by atoms with Gasteiger partial charge in [0.25, 0.3) is 0 Å². The molecular weight excluding hydrogens is 464 g/mol. The molecule has 0 radical (unpaired) electrons. The van der Waals surface area contributed by atoms with Crippen molar-refractivity contribution >= 4 is 40.3 Å². The number of ketones is 1. The van der Waals surface area contributed by atoms with Crippen molar-refractivity contribution in [2.24, 2.45) is 0 Å². The Morgan fingerprint density at radius 2 is 1.77 bits per heavy atom. The molecule has 2 unspecified atom stereocenters. The van der Waals surface area contributed by atoms with Gasteiger partial charge in [-0.25, -0.2) is 4.79 Å². The molecule has 0 aliphatic carbocycles. The largest absolute Gasteiger partial charge is 0.464 e. The predicted octanol–water partition coefficient (Wildman–Crippen LogP) is 5.36. The van der Waals surface area contributed by atoms with Gasteiger partial charge in [0.2, 0.25) is 0 Å². The minimum absolute atomic E-state index is 0.144. The lowest BCUT2D eigenvalue weighted by Crippen LogP contribution is -2.53. The lowest BCUT2D eigenvalue weighted by atomic mass is 9.79. The third kappa shape index (κ3) is 4.98. The molecule has 2 atom stereocenters. The zero-order valence-electron chi connectivity index (χ0n) is 18.1. The van der Waals surface area contributed by atoms with E-state index < -0.39 is 22.1 Å². The van der Waals surface area contributed by atoms with Gasteiger partial charge in [-0.15, -0.1) is 12.6 Å². The Kier molecular flexibility index (Phi) is 8.31. The summed E-state index contributed by atoms with van der Waals surface area (Å²) < 4.78 is 9.84. The Hall–Kier alpha value is -1.63. The van der Waals surface area contributed by atoms with E-state index in [1.807, 2.05) is 56.3 Å². The van der Waals surface area contributed by atoms with Crippen molar-refractivity contribution in [2.45, 2.75) is 50.9 Å². The van der Waals surface area contributed by atoms with Gasteiger partial charge < -0.3 is 9.47 Å². The first-order valence-corrected chi connectivity index (χ1v) is 11.1. The van der Waals surface area contributed by atoms with Crippen molar-refractivity contribution in [1.82, 2.24) is 0 Å². The van der Waals surface area contributed by atoms with E-state index in [0.29, 0.717) is 22.9 Å². The van der Waals surface area contributed by atoms with Gasteiger partial charge >= 0.3 is 5.97 Å². The van der Waals surface area contributed by atoms with E-state index in [-0.39, 0.29) is 6.61 Å². The number of rotatable bonds is 9. The van der Waals surface area contributed by atoms with Gasteiger partial charge in [-0.05, 0) is 63.3 Å². The van der Waals surface area contributed by atoms with E-state index in [9.17, 15) is 9.59 Å². The maximum atomic E-state index is 13.9. The molecule has 6 heteroatoms. The van der Waals surface area contributed by atoms with Crippen LogP contribution in [0.2, 0.25) is 0 Å². The van der Waals surface area contributed by atoms with Crippen LogP contribution in [0.15, 0.2) is 46.9 Å². The highest BCUT2D eigenvalue weighted by Gasteiger charge is 2.54. The fourth-order valence-electron chi connectivity index (χ4n) is 3.64. The van der Waals surface area contributed by atoms with Crippen LogP contribution in [-0.2, 0) is 30.2 Å². The van der Waals surface area contributed by atoms with Gasteiger partial charge in [-0.2, -0.15) is 0 Å². The molecule has 0 saturated carbocycles. The highest BCUT2D eigenvalue weighted by Crippen LogP contribution is 2.43. The fraction of sp³-hybridized carbons (Fsp3) is 0.417. The zero-order chi connectivity index (χ0) is 22.5. The van der Waals surface area contributed by atoms with Crippen molar-refractivity contribution in [2.75, 3.05) is 13.7 Å². The number of ether oxygens (including phenoxy) is 2. The van der Waals surface area contributed by atoms with E-state index in [2.05, 4.69) is 15.9 Å². The zero-order valence-corrected chi connectivity index (χ0v) is 20.6. The number of benzene rings is 2. The predicted molar refractivity (Wildman–Crippen MR) is 126 cm³/mol. The molecule has 2 aromatic rings. The summed E-state index contributed by atoms with van der Waals surface area (Å²) in [5.74, 6) is -1.14. The highest BCUT2D eigenvalue weighted by molar-refractivity contribution is 9.10. The van der Waals surface area contributed by atoms with Crippen LogP contribution in [0.4, 0.5) is 0 Å². The Morgan fingerprint density at radius 1 is 1.13 bits per heavy atom. The van der Waals surface area contributed by atoms with E-state index in [0.717, 1.165) is 16.7 Å². The number of Topliss-reactive ketones (excluding diaryl/α,β-unsaturated/α-hetero) is 1. The summed E-state index contributed by atoms with van der Waals surface area (Å²) in [6, 6.07) is 13.6. The summed E-state index contributed by atoms with van der Waals surface area (Å²) in [6.45, 7) is 7.37. The van der Waals surface area contributed by atoms with Gasteiger partial charge in [0.1, 0.15) is 5.60 Å². The molecule has 0 N–H and O–H groups in total. The summed E-state index contributed by atoms with van der Waals surface area (Å²) in [5.41, 5.74) is 2.12. The summed E-state index contributed by atoms with van der Waals surface area (Å²) >= 11 is 8.24. The molecule has 0 amide bonds. The van der Waals surface area contributed by atoms with Crippen LogP contribution in [0.1, 0.15) is 42.5 Å². The van der Waals surface area contributed by atoms with Crippen molar-refractivity contribution in [1.29, 1.82) is 0 Å². The summed E-state index contributed by atoms with van der Waals surface area (Å²) in [5, 5.41) is 0. The first kappa shape index (κ1) is 24.6. The molecule has 2 aromatic carbocycles. The molecule has 0 aliphatic rings. The third-order valence-corrected chi connectivity index (χ3v) is 6.59. The third-order valence-electron chi connectivity index (χ3n) is 5.36. The average molecular weight is 493 g/mol. The van der Waals surface area contributed by atoms with Crippen LogP contribution in [0.25, 0.3) is 0 Å². The van der Waals surface area contributed by atoms with Crippen molar-refractivity contribution in [3.05, 3.63) is 69.2 Å². The molecule has 0 bridgehead atoms. The van der Waals surface area contributed by atoms with E-state index in [4.69, 9.17) is 22.1 Å². The number of aryl methyl sites for hydroxylation is 3. The van der Waals surface area contributed by atoms with E-state index in [1.54, 1.807) is 13.8 Å². The summed E-state index contributed by atoms with van der Waals surface area (Å²) in [7, 11) is 1.49. The van der Waals surface area contributed by atoms with Gasteiger partial charge in [0, 0.05) is 17.1 Å². The Labute approximate surface area is 192 Å². The number of methoxy groups -OCH3 is 1. The number of hydrogen-bond donors (Lipinski definition) is 1. The van der Waals surface area contributed by atoms with E-state index >= 15 is 0 Å². The lowest BCUT2D eigenvalue weighted by Gasteiger charge is -2.36. The maximum Gasteiger partial charge on any atom is 0.334 e. The molecular formula is C24H29BrO4S. The smallest absolute Gasteiger partial charge is 0.334 e. The Balaban J connectivity index is 2.54. The highest BCUT2D eigenvalue weighted by atomic mass is 79.9. The first-order valence-electron chi connectivity index (χ1n) is 9.91. The minimum atomic E-state index is -1.81. The van der Waals surface area contributed by atoms with E-state index in [1.165, 1.54) is 7.11 Å². The maximum absolute atomic E-state index is 13.9. The molecule has 0 aliphatic heterocycles. The molecule has 0 aromatic heterocycles. The minimum Gasteiger partial charge on any atom is -0.464 e. The molecule has 0 saturated heterocycles. The number of thiol groups is 1. The molecule has 4 nitrogen and oxygen atoms in total. The molecule has 162 valence electrons. The van der Waals surface area contributed by atoms with Gasteiger partial charge in [0.15, 0.2) is 10.5 Å². The number of halogens is 1. The van der Waals surface area contributed by atoms with Crippen molar-refractivity contribution in [3.8, 4) is 0 Å². The molecule has 30 heavy (non-hydrogen) atoms. The number of hydrogen-bond acceptors (Lipinski definition) is 5. The SMILES string of the molecule is CCOC(=O)C(S)(C(=O)C(C)(CCc1ccccc1)OC)c1c(C)cc(C)cc1Br. The van der Waals surface area contributed by atoms with Gasteiger partial charge in [-0.1, -0.05) is 52.3 Å². The normalized spacial score (nSPS) is 15.2. The fourth-order valence-corrected chi connectivity index (χ4v) is 5.36. The van der Waals surface area contributed by atoms with Crippen molar-refractivity contribution in [3.63, 3.8) is 0 Å². The Bertz CT molecular complexity index is 892. The summed E-state index contributed by atoms with van der Waals surface area (Å²) in [6.07, 6.45) is 1.02. The number of esters is 1. The molecule has 2 rings (SSSR count). The molecule has 0 fully saturated rings. The van der Waals surface area contributed by atoms with Crippen LogP contribution in [0.3, 0.4) is 0 Å². The van der Waals surface area contributed by atoms with Crippen LogP contribution >= 0.6 is 28.6 Å². The molecule has 0 heterocycles. The monoisotopic (exact) mass is 492 g/mol. The quantitative estimate of drug-likeness (QED) is 0.290. The first-order chi connectivity index (χ1) is 14.1. The number of carbonyl (C=O) groups excluding carboxylic acids is 2.